The summed E-state index contributed by atoms with van der Waals surface area (Å²) in [5.41, 5.74) is 9.34. The third kappa shape index (κ3) is 5.50. The van der Waals surface area contributed by atoms with Gasteiger partial charge >= 0.3 is 5.97 Å². The highest BCUT2D eigenvalue weighted by Crippen LogP contribution is 2.43. The smallest absolute Gasteiger partial charge is 0.313 e. The number of esters is 1. The van der Waals surface area contributed by atoms with E-state index in [0.717, 1.165) is 16.7 Å². The molecule has 3 N–H and O–H groups in total. The second-order valence-corrected chi connectivity index (χ2v) is 9.22. The second-order valence-electron chi connectivity index (χ2n) is 9.22. The van der Waals surface area contributed by atoms with E-state index in [1.54, 1.807) is 12.1 Å². The minimum atomic E-state index is -0.537. The summed E-state index contributed by atoms with van der Waals surface area (Å²) in [5.74, 6) is 0.607. The van der Waals surface area contributed by atoms with E-state index in [9.17, 15) is 9.90 Å². The summed E-state index contributed by atoms with van der Waals surface area (Å²) in [4.78, 5) is 12.3. The highest BCUT2D eigenvalue weighted by Gasteiger charge is 2.36. The molecule has 0 aliphatic heterocycles. The van der Waals surface area contributed by atoms with E-state index in [1.165, 1.54) is 0 Å². The summed E-state index contributed by atoms with van der Waals surface area (Å²) in [7, 11) is 0. The Hall–Kier alpha value is -2.17. The summed E-state index contributed by atoms with van der Waals surface area (Å²) in [5, 5.41) is 9.71. The summed E-state index contributed by atoms with van der Waals surface area (Å²) in [6, 6.07) is 15.8. The van der Waals surface area contributed by atoms with E-state index >= 15 is 0 Å². The Balaban J connectivity index is 2.54. The molecule has 0 fully saturated rings. The largest absolute Gasteiger partial charge is 0.426 e. The van der Waals surface area contributed by atoms with Crippen molar-refractivity contribution in [2.24, 2.45) is 23.5 Å². The van der Waals surface area contributed by atoms with E-state index in [1.807, 2.05) is 38.1 Å². The Morgan fingerprint density at radius 1 is 1.03 bits per heavy atom. The van der Waals surface area contributed by atoms with Crippen molar-refractivity contribution in [3.05, 3.63) is 65.2 Å². The lowest BCUT2D eigenvalue weighted by molar-refractivity contribution is -0.137. The SMILES string of the molecule is CC(C)C(=O)Oc1ccc(CO)cc1C(CC(N)(c1ccccc1)C(C)C)C(C)C. The lowest BCUT2D eigenvalue weighted by atomic mass is 9.70. The zero-order chi connectivity index (χ0) is 22.5. The van der Waals surface area contributed by atoms with Crippen LogP contribution in [0.4, 0.5) is 0 Å². The number of benzene rings is 2. The highest BCUT2D eigenvalue weighted by atomic mass is 16.5. The molecule has 2 atom stereocenters. The van der Waals surface area contributed by atoms with Gasteiger partial charge in [0.25, 0.3) is 0 Å². The number of carbonyl (C=O) groups excluding carboxylic acids is 1. The molecule has 0 aliphatic rings. The number of ether oxygens (including phenoxy) is 1. The minimum absolute atomic E-state index is 0.0547. The normalized spacial score (nSPS) is 14.8. The minimum Gasteiger partial charge on any atom is -0.426 e. The van der Waals surface area contributed by atoms with Crippen molar-refractivity contribution >= 4 is 5.97 Å². The Morgan fingerprint density at radius 2 is 1.67 bits per heavy atom. The lowest BCUT2D eigenvalue weighted by Gasteiger charge is -2.39. The zero-order valence-corrected chi connectivity index (χ0v) is 19.2. The maximum absolute atomic E-state index is 12.3. The molecule has 30 heavy (non-hydrogen) atoms. The van der Waals surface area contributed by atoms with Crippen LogP contribution < -0.4 is 10.5 Å². The van der Waals surface area contributed by atoms with Gasteiger partial charge < -0.3 is 15.6 Å². The second kappa shape index (κ2) is 10.2. The van der Waals surface area contributed by atoms with Gasteiger partial charge in [0.1, 0.15) is 5.75 Å². The van der Waals surface area contributed by atoms with Crippen LogP contribution in [0.5, 0.6) is 5.75 Å². The fourth-order valence-corrected chi connectivity index (χ4v) is 3.81. The standard InChI is InChI=1S/C26H37NO3/c1-17(2)23(15-26(27,19(5)6)21-10-8-7-9-11-21)22-14-20(16-28)12-13-24(22)30-25(29)18(3)4/h7-14,17-19,23,28H,15-16,27H2,1-6H3. The summed E-state index contributed by atoms with van der Waals surface area (Å²) in [6.07, 6.45) is 0.702. The summed E-state index contributed by atoms with van der Waals surface area (Å²) >= 11 is 0. The maximum atomic E-state index is 12.3. The molecule has 164 valence electrons. The molecule has 0 aliphatic carbocycles. The molecule has 0 radical (unpaired) electrons. The summed E-state index contributed by atoms with van der Waals surface area (Å²) in [6.45, 7) is 12.2. The van der Waals surface area contributed by atoms with E-state index in [0.29, 0.717) is 12.2 Å². The van der Waals surface area contributed by atoms with Gasteiger partial charge in [0, 0.05) is 5.54 Å². The molecule has 4 nitrogen and oxygen atoms in total. The third-order valence-electron chi connectivity index (χ3n) is 6.04. The van der Waals surface area contributed by atoms with Crippen molar-refractivity contribution in [2.45, 2.75) is 66.0 Å². The molecule has 0 spiro atoms. The number of rotatable bonds is 9. The molecule has 0 heterocycles. The van der Waals surface area contributed by atoms with Crippen LogP contribution in [0.1, 0.15) is 70.6 Å². The number of hydrogen-bond acceptors (Lipinski definition) is 4. The van der Waals surface area contributed by atoms with Crippen molar-refractivity contribution in [2.75, 3.05) is 0 Å². The van der Waals surface area contributed by atoms with Crippen LogP contribution >= 0.6 is 0 Å². The van der Waals surface area contributed by atoms with E-state index < -0.39 is 5.54 Å². The maximum Gasteiger partial charge on any atom is 0.313 e. The Labute approximate surface area is 181 Å². The van der Waals surface area contributed by atoms with Gasteiger partial charge in [-0.3, -0.25) is 4.79 Å². The predicted molar refractivity (Wildman–Crippen MR) is 122 cm³/mol. The average Bonchev–Trinajstić information content (AvgIpc) is 2.72. The number of carbonyl (C=O) groups is 1. The van der Waals surface area contributed by atoms with Crippen molar-refractivity contribution in [1.82, 2.24) is 0 Å². The van der Waals surface area contributed by atoms with Gasteiger partial charge in [-0.25, -0.2) is 0 Å². The molecule has 2 unspecified atom stereocenters. The van der Waals surface area contributed by atoms with Crippen molar-refractivity contribution in [1.29, 1.82) is 0 Å². The van der Waals surface area contributed by atoms with Crippen LogP contribution in [0, 0.1) is 17.8 Å². The first-order valence-electron chi connectivity index (χ1n) is 10.9. The molecule has 0 saturated carbocycles. The molecule has 2 aromatic rings. The molecule has 4 heteroatoms. The predicted octanol–water partition coefficient (Wildman–Crippen LogP) is 5.38. The van der Waals surface area contributed by atoms with Crippen molar-refractivity contribution in [3.63, 3.8) is 0 Å². The number of hydrogen-bond donors (Lipinski definition) is 2. The van der Waals surface area contributed by atoms with Gasteiger partial charge in [0.15, 0.2) is 0 Å². The monoisotopic (exact) mass is 411 g/mol. The van der Waals surface area contributed by atoms with E-state index in [-0.39, 0.29) is 36.2 Å². The molecular weight excluding hydrogens is 374 g/mol. The average molecular weight is 412 g/mol. The number of aliphatic hydroxyl groups excluding tert-OH is 1. The third-order valence-corrected chi connectivity index (χ3v) is 6.04. The van der Waals surface area contributed by atoms with Gasteiger partial charge in [-0.05, 0) is 53.0 Å². The van der Waals surface area contributed by atoms with Crippen LogP contribution in [0.25, 0.3) is 0 Å². The Morgan fingerprint density at radius 3 is 2.17 bits per heavy atom. The first-order valence-corrected chi connectivity index (χ1v) is 10.9. The fourth-order valence-electron chi connectivity index (χ4n) is 3.81. The first-order chi connectivity index (χ1) is 14.1. The molecule has 2 rings (SSSR count). The van der Waals surface area contributed by atoms with Gasteiger partial charge in [0.2, 0.25) is 0 Å². The number of aliphatic hydroxyl groups is 1. The molecule has 2 aromatic carbocycles. The van der Waals surface area contributed by atoms with Gasteiger partial charge in [-0.15, -0.1) is 0 Å². The molecule has 0 saturated heterocycles. The van der Waals surface area contributed by atoms with Crippen molar-refractivity contribution in [3.8, 4) is 5.75 Å². The van der Waals surface area contributed by atoms with Crippen LogP contribution in [-0.4, -0.2) is 11.1 Å². The van der Waals surface area contributed by atoms with Crippen molar-refractivity contribution < 1.29 is 14.6 Å². The van der Waals surface area contributed by atoms with Crippen LogP contribution in [0.2, 0.25) is 0 Å². The van der Waals surface area contributed by atoms with Crippen LogP contribution in [0.15, 0.2) is 48.5 Å². The fraction of sp³-hybridized carbons (Fsp3) is 0.500. The van der Waals surface area contributed by atoms with Crippen LogP contribution in [0.3, 0.4) is 0 Å². The van der Waals surface area contributed by atoms with E-state index in [2.05, 4.69) is 39.8 Å². The molecular formula is C26H37NO3. The van der Waals surface area contributed by atoms with Gasteiger partial charge in [0.05, 0.1) is 12.5 Å². The quantitative estimate of drug-likeness (QED) is 0.429. The number of nitrogens with two attached hydrogens (primary N) is 1. The van der Waals surface area contributed by atoms with Crippen LogP contribution in [-0.2, 0) is 16.9 Å². The highest BCUT2D eigenvalue weighted by molar-refractivity contribution is 5.74. The van der Waals surface area contributed by atoms with Gasteiger partial charge in [-0.1, -0.05) is 77.9 Å². The first kappa shape index (κ1) is 24.1. The topological polar surface area (TPSA) is 72.5 Å². The molecule has 0 aromatic heterocycles. The Bertz CT molecular complexity index is 829. The molecule has 0 amide bonds. The van der Waals surface area contributed by atoms with E-state index in [4.69, 9.17) is 10.5 Å². The molecule has 0 bridgehead atoms. The Kier molecular flexibility index (Phi) is 8.22. The van der Waals surface area contributed by atoms with Gasteiger partial charge in [-0.2, -0.15) is 0 Å². The summed E-state index contributed by atoms with van der Waals surface area (Å²) < 4.78 is 5.76. The zero-order valence-electron chi connectivity index (χ0n) is 19.2. The lowest BCUT2D eigenvalue weighted by Crippen LogP contribution is -2.44.